The van der Waals surface area contributed by atoms with Crippen LogP contribution in [-0.4, -0.2) is 37.0 Å². The minimum atomic E-state index is -0.190. The molecule has 0 saturated heterocycles. The van der Waals surface area contributed by atoms with E-state index in [0.717, 1.165) is 26.0 Å². The van der Waals surface area contributed by atoms with Gasteiger partial charge in [-0.1, -0.05) is 38.1 Å². The summed E-state index contributed by atoms with van der Waals surface area (Å²) in [5.41, 5.74) is 2.52. The maximum Gasteiger partial charge on any atom is 0.0619 e. The van der Waals surface area contributed by atoms with Crippen LogP contribution in [0.25, 0.3) is 0 Å². The van der Waals surface area contributed by atoms with Gasteiger partial charge in [-0.2, -0.15) is 0 Å². The summed E-state index contributed by atoms with van der Waals surface area (Å²) in [6, 6.07) is 8.45. The first-order chi connectivity index (χ1) is 9.15. The summed E-state index contributed by atoms with van der Waals surface area (Å²) in [6.07, 6.45) is 1.81. The molecule has 0 bridgehead atoms. The normalized spacial score (nSPS) is 16.8. The Labute approximate surface area is 116 Å². The SMILES string of the molecule is CC(C)COCCNC1(CO)Cc2ccccc2C1. The van der Waals surface area contributed by atoms with E-state index in [-0.39, 0.29) is 12.1 Å². The van der Waals surface area contributed by atoms with E-state index < -0.39 is 0 Å². The van der Waals surface area contributed by atoms with Crippen molar-refractivity contribution in [2.24, 2.45) is 5.92 Å². The van der Waals surface area contributed by atoms with Crippen LogP contribution in [0.4, 0.5) is 0 Å². The fourth-order valence-corrected chi connectivity index (χ4v) is 2.69. The van der Waals surface area contributed by atoms with Crippen molar-refractivity contribution in [1.82, 2.24) is 5.32 Å². The third-order valence-electron chi connectivity index (χ3n) is 3.68. The molecule has 0 heterocycles. The Kier molecular flexibility index (Phi) is 4.97. The molecule has 0 spiro atoms. The Morgan fingerprint density at radius 1 is 1.26 bits per heavy atom. The van der Waals surface area contributed by atoms with Gasteiger partial charge in [0.2, 0.25) is 0 Å². The highest BCUT2D eigenvalue weighted by molar-refractivity contribution is 5.36. The Morgan fingerprint density at radius 2 is 1.89 bits per heavy atom. The number of ether oxygens (including phenoxy) is 1. The smallest absolute Gasteiger partial charge is 0.0619 e. The van der Waals surface area contributed by atoms with Gasteiger partial charge in [-0.15, -0.1) is 0 Å². The first kappa shape index (κ1) is 14.5. The van der Waals surface area contributed by atoms with Crippen LogP contribution in [0.5, 0.6) is 0 Å². The summed E-state index contributed by atoms with van der Waals surface area (Å²) in [5.74, 6) is 0.572. The molecule has 0 radical (unpaired) electrons. The summed E-state index contributed by atoms with van der Waals surface area (Å²) in [6.45, 7) is 6.77. The lowest BCUT2D eigenvalue weighted by Crippen LogP contribution is -2.50. The second-order valence-electron chi connectivity index (χ2n) is 5.96. The minimum absolute atomic E-state index is 0.172. The number of benzene rings is 1. The number of rotatable bonds is 7. The van der Waals surface area contributed by atoms with Crippen LogP contribution in [0, 0.1) is 5.92 Å². The molecule has 2 N–H and O–H groups in total. The van der Waals surface area contributed by atoms with Crippen molar-refractivity contribution >= 4 is 0 Å². The van der Waals surface area contributed by atoms with Crippen LogP contribution >= 0.6 is 0 Å². The van der Waals surface area contributed by atoms with Crippen LogP contribution in [0.2, 0.25) is 0 Å². The zero-order valence-corrected chi connectivity index (χ0v) is 12.0. The maximum absolute atomic E-state index is 9.73. The van der Waals surface area contributed by atoms with Gasteiger partial charge in [0.25, 0.3) is 0 Å². The van der Waals surface area contributed by atoms with Gasteiger partial charge in [-0.25, -0.2) is 0 Å². The average molecular weight is 263 g/mol. The minimum Gasteiger partial charge on any atom is -0.394 e. The predicted molar refractivity (Wildman–Crippen MR) is 77.3 cm³/mol. The maximum atomic E-state index is 9.73. The third kappa shape index (κ3) is 3.78. The van der Waals surface area contributed by atoms with Gasteiger partial charge in [0, 0.05) is 18.7 Å². The van der Waals surface area contributed by atoms with Crippen LogP contribution in [-0.2, 0) is 17.6 Å². The van der Waals surface area contributed by atoms with E-state index in [1.54, 1.807) is 0 Å². The van der Waals surface area contributed by atoms with Crippen molar-refractivity contribution < 1.29 is 9.84 Å². The van der Waals surface area contributed by atoms with Crippen LogP contribution in [0.1, 0.15) is 25.0 Å². The molecule has 2 rings (SSSR count). The second kappa shape index (κ2) is 6.51. The number of hydrogen-bond donors (Lipinski definition) is 2. The lowest BCUT2D eigenvalue weighted by molar-refractivity contribution is 0.0966. The van der Waals surface area contributed by atoms with Crippen molar-refractivity contribution in [3.8, 4) is 0 Å². The van der Waals surface area contributed by atoms with Gasteiger partial charge in [-0.05, 0) is 29.9 Å². The molecule has 0 aromatic heterocycles. The Balaban J connectivity index is 1.82. The molecule has 3 heteroatoms. The molecular formula is C16H25NO2. The fourth-order valence-electron chi connectivity index (χ4n) is 2.69. The predicted octanol–water partition coefficient (Wildman–Crippen LogP) is 1.78. The molecule has 3 nitrogen and oxygen atoms in total. The highest BCUT2D eigenvalue weighted by atomic mass is 16.5. The first-order valence-electron chi connectivity index (χ1n) is 7.16. The number of aliphatic hydroxyl groups excluding tert-OH is 1. The Bertz CT molecular complexity index is 378. The van der Waals surface area contributed by atoms with Gasteiger partial charge in [0.05, 0.1) is 13.2 Å². The lowest BCUT2D eigenvalue weighted by atomic mass is 9.97. The van der Waals surface area contributed by atoms with Crippen molar-refractivity contribution in [2.45, 2.75) is 32.2 Å². The number of nitrogens with one attached hydrogen (secondary N) is 1. The van der Waals surface area contributed by atoms with E-state index in [1.807, 2.05) is 0 Å². The molecule has 1 aromatic rings. The van der Waals surface area contributed by atoms with Gasteiger partial charge in [-0.3, -0.25) is 0 Å². The molecule has 19 heavy (non-hydrogen) atoms. The molecule has 0 fully saturated rings. The molecule has 0 unspecified atom stereocenters. The molecule has 0 saturated carbocycles. The summed E-state index contributed by atoms with van der Waals surface area (Å²) in [7, 11) is 0. The van der Waals surface area contributed by atoms with Crippen LogP contribution in [0.15, 0.2) is 24.3 Å². The molecule has 0 atom stereocenters. The van der Waals surface area contributed by atoms with Gasteiger partial charge in [0.15, 0.2) is 0 Å². The first-order valence-corrected chi connectivity index (χ1v) is 7.16. The van der Waals surface area contributed by atoms with Crippen LogP contribution < -0.4 is 5.32 Å². The quantitative estimate of drug-likeness (QED) is 0.737. The molecule has 0 aliphatic heterocycles. The van der Waals surface area contributed by atoms with E-state index >= 15 is 0 Å². The largest absolute Gasteiger partial charge is 0.394 e. The highest BCUT2D eigenvalue weighted by Gasteiger charge is 2.35. The molecule has 106 valence electrons. The lowest BCUT2D eigenvalue weighted by Gasteiger charge is -2.28. The van der Waals surface area contributed by atoms with E-state index in [4.69, 9.17) is 4.74 Å². The third-order valence-corrected chi connectivity index (χ3v) is 3.68. The van der Waals surface area contributed by atoms with E-state index in [1.165, 1.54) is 11.1 Å². The fraction of sp³-hybridized carbons (Fsp3) is 0.625. The number of aliphatic hydroxyl groups is 1. The topological polar surface area (TPSA) is 41.5 Å². The number of fused-ring (bicyclic) bond motifs is 1. The van der Waals surface area contributed by atoms with Crippen molar-refractivity contribution in [3.63, 3.8) is 0 Å². The molecule has 1 aliphatic carbocycles. The zero-order chi connectivity index (χ0) is 13.7. The second-order valence-corrected chi connectivity index (χ2v) is 5.96. The van der Waals surface area contributed by atoms with E-state index in [9.17, 15) is 5.11 Å². The zero-order valence-electron chi connectivity index (χ0n) is 12.0. The highest BCUT2D eigenvalue weighted by Crippen LogP contribution is 2.29. The van der Waals surface area contributed by atoms with Gasteiger partial charge in [0.1, 0.15) is 0 Å². The monoisotopic (exact) mass is 263 g/mol. The van der Waals surface area contributed by atoms with E-state index in [0.29, 0.717) is 12.5 Å². The summed E-state index contributed by atoms with van der Waals surface area (Å²) < 4.78 is 5.58. The Hall–Kier alpha value is -0.900. The van der Waals surface area contributed by atoms with Gasteiger partial charge < -0.3 is 15.2 Å². The molecule has 0 amide bonds. The Morgan fingerprint density at radius 3 is 2.42 bits per heavy atom. The van der Waals surface area contributed by atoms with Crippen molar-refractivity contribution in [3.05, 3.63) is 35.4 Å². The molecule has 1 aliphatic rings. The number of hydrogen-bond acceptors (Lipinski definition) is 3. The summed E-state index contributed by atoms with van der Waals surface area (Å²) >= 11 is 0. The molecule has 1 aromatic carbocycles. The average Bonchev–Trinajstić information content (AvgIpc) is 2.77. The standard InChI is InChI=1S/C16H25NO2/c1-13(2)11-19-8-7-17-16(12-18)9-14-5-3-4-6-15(14)10-16/h3-6,13,17-18H,7-12H2,1-2H3. The van der Waals surface area contributed by atoms with Gasteiger partial charge >= 0.3 is 0 Å². The van der Waals surface area contributed by atoms with Crippen molar-refractivity contribution in [1.29, 1.82) is 0 Å². The van der Waals surface area contributed by atoms with Crippen LogP contribution in [0.3, 0.4) is 0 Å². The summed E-state index contributed by atoms with van der Waals surface area (Å²) in [4.78, 5) is 0. The van der Waals surface area contributed by atoms with E-state index in [2.05, 4.69) is 43.4 Å². The molecular weight excluding hydrogens is 238 g/mol. The van der Waals surface area contributed by atoms with Crippen molar-refractivity contribution in [2.75, 3.05) is 26.4 Å². The summed E-state index contributed by atoms with van der Waals surface area (Å²) in [5, 5.41) is 13.2.